The number of carboxylic acids is 1. The van der Waals surface area contributed by atoms with Crippen molar-refractivity contribution in [3.8, 4) is 11.4 Å². The molecule has 4 heterocycles. The Labute approximate surface area is 152 Å². The summed E-state index contributed by atoms with van der Waals surface area (Å²) in [7, 11) is 0. The molecule has 136 valence electrons. The van der Waals surface area contributed by atoms with Crippen molar-refractivity contribution in [1.82, 2.24) is 19.9 Å². The highest BCUT2D eigenvalue weighted by Gasteiger charge is 2.36. The maximum Gasteiger partial charge on any atom is 0.335 e. The van der Waals surface area contributed by atoms with E-state index in [9.17, 15) is 4.79 Å². The fourth-order valence-electron chi connectivity index (χ4n) is 3.84. The number of carbonyl (C=O) groups is 1. The molecule has 1 N–H and O–H groups in total. The number of rotatable bonds is 4. The number of anilines is 1. The zero-order chi connectivity index (χ0) is 18.1. The minimum Gasteiger partial charge on any atom is -0.478 e. The first-order valence-electron chi connectivity index (χ1n) is 9.15. The van der Waals surface area contributed by atoms with E-state index in [1.165, 1.54) is 38.1 Å². The van der Waals surface area contributed by atoms with Gasteiger partial charge in [-0.05, 0) is 44.5 Å². The monoisotopic (exact) mass is 353 g/mol. The predicted molar refractivity (Wildman–Crippen MR) is 98.2 cm³/mol. The van der Waals surface area contributed by atoms with E-state index >= 15 is 0 Å². The van der Waals surface area contributed by atoms with Gasteiger partial charge in [0.1, 0.15) is 0 Å². The van der Waals surface area contributed by atoms with Gasteiger partial charge in [0.15, 0.2) is 0 Å². The molecule has 2 fully saturated rings. The van der Waals surface area contributed by atoms with Crippen LogP contribution >= 0.6 is 0 Å². The maximum atomic E-state index is 11.2. The molecule has 0 aliphatic carbocycles. The SMILES string of the molecule is C[C@@H]1CCCCN1C1CN(c2nccc(-c3cc(C(=O)O)ccn3)n2)C1. The van der Waals surface area contributed by atoms with E-state index in [-0.39, 0.29) is 5.56 Å². The van der Waals surface area contributed by atoms with Crippen LogP contribution in [0.1, 0.15) is 36.5 Å². The number of likely N-dealkylation sites (tertiary alicyclic amines) is 1. The van der Waals surface area contributed by atoms with Crippen molar-refractivity contribution in [1.29, 1.82) is 0 Å². The molecule has 0 spiro atoms. The highest BCUT2D eigenvalue weighted by molar-refractivity contribution is 5.88. The number of hydrogen-bond acceptors (Lipinski definition) is 6. The number of aromatic nitrogens is 3. The number of piperidine rings is 1. The summed E-state index contributed by atoms with van der Waals surface area (Å²) in [5.41, 5.74) is 1.40. The molecule has 7 heteroatoms. The molecule has 2 aliphatic rings. The van der Waals surface area contributed by atoms with Crippen LogP contribution in [0.5, 0.6) is 0 Å². The minimum atomic E-state index is -0.968. The molecule has 0 amide bonds. The van der Waals surface area contributed by atoms with Gasteiger partial charge in [-0.1, -0.05) is 6.42 Å². The standard InChI is InChI=1S/C19H23N5O2/c1-13-4-2-3-9-24(13)15-11-23(12-15)19-21-8-6-16(22-19)17-10-14(18(25)26)5-7-20-17/h5-8,10,13,15H,2-4,9,11-12H2,1H3,(H,25,26)/t13-/m1/s1. The molecule has 2 aliphatic heterocycles. The number of carboxylic acid groups (broad SMARTS) is 1. The Morgan fingerprint density at radius 2 is 1.96 bits per heavy atom. The lowest BCUT2D eigenvalue weighted by Crippen LogP contribution is -2.62. The Morgan fingerprint density at radius 1 is 1.15 bits per heavy atom. The summed E-state index contributed by atoms with van der Waals surface area (Å²) in [6.07, 6.45) is 7.12. The van der Waals surface area contributed by atoms with Gasteiger partial charge in [-0.2, -0.15) is 0 Å². The predicted octanol–water partition coefficient (Wildman–Crippen LogP) is 2.30. The van der Waals surface area contributed by atoms with Crippen LogP contribution in [0.15, 0.2) is 30.6 Å². The van der Waals surface area contributed by atoms with Crippen LogP contribution in [0.2, 0.25) is 0 Å². The van der Waals surface area contributed by atoms with E-state index in [1.54, 1.807) is 18.3 Å². The Bertz CT molecular complexity index is 806. The van der Waals surface area contributed by atoms with Crippen LogP contribution in [-0.2, 0) is 0 Å². The van der Waals surface area contributed by atoms with Gasteiger partial charge in [-0.15, -0.1) is 0 Å². The molecule has 0 bridgehead atoms. The van der Waals surface area contributed by atoms with Crippen LogP contribution in [0, 0.1) is 0 Å². The largest absolute Gasteiger partial charge is 0.478 e. The smallest absolute Gasteiger partial charge is 0.335 e. The van der Waals surface area contributed by atoms with Crippen LogP contribution in [0.25, 0.3) is 11.4 Å². The van der Waals surface area contributed by atoms with Crippen LogP contribution in [0.3, 0.4) is 0 Å². The maximum absolute atomic E-state index is 11.2. The van der Waals surface area contributed by atoms with Crippen LogP contribution < -0.4 is 4.90 Å². The van der Waals surface area contributed by atoms with E-state index < -0.39 is 5.97 Å². The quantitative estimate of drug-likeness (QED) is 0.903. The van der Waals surface area contributed by atoms with Gasteiger partial charge in [0.2, 0.25) is 5.95 Å². The third kappa shape index (κ3) is 3.26. The lowest BCUT2D eigenvalue weighted by Gasteiger charge is -2.49. The molecule has 0 radical (unpaired) electrons. The summed E-state index contributed by atoms with van der Waals surface area (Å²) < 4.78 is 0. The van der Waals surface area contributed by atoms with Gasteiger partial charge in [0, 0.05) is 37.6 Å². The average Bonchev–Trinajstić information content (AvgIpc) is 2.62. The van der Waals surface area contributed by atoms with Crippen molar-refractivity contribution in [2.45, 2.75) is 38.3 Å². The first-order chi connectivity index (χ1) is 12.6. The van der Waals surface area contributed by atoms with Crippen molar-refractivity contribution in [2.24, 2.45) is 0 Å². The first-order valence-corrected chi connectivity index (χ1v) is 9.15. The number of nitrogens with zero attached hydrogens (tertiary/aromatic N) is 5. The molecule has 26 heavy (non-hydrogen) atoms. The Balaban J connectivity index is 1.47. The fourth-order valence-corrected chi connectivity index (χ4v) is 3.84. The van der Waals surface area contributed by atoms with Crippen molar-refractivity contribution in [3.05, 3.63) is 36.2 Å². The van der Waals surface area contributed by atoms with E-state index in [0.717, 1.165) is 13.1 Å². The molecular formula is C19H23N5O2. The molecule has 4 rings (SSSR count). The third-order valence-corrected chi connectivity index (χ3v) is 5.38. The van der Waals surface area contributed by atoms with Gasteiger partial charge in [-0.3, -0.25) is 9.88 Å². The summed E-state index contributed by atoms with van der Waals surface area (Å²) in [6.45, 7) is 5.39. The third-order valence-electron chi connectivity index (χ3n) is 5.38. The van der Waals surface area contributed by atoms with E-state index in [2.05, 4.69) is 31.7 Å². The number of aromatic carboxylic acids is 1. The Morgan fingerprint density at radius 3 is 2.73 bits per heavy atom. The van der Waals surface area contributed by atoms with Gasteiger partial charge in [0.25, 0.3) is 0 Å². The molecule has 2 saturated heterocycles. The molecule has 2 aromatic rings. The molecule has 0 aromatic carbocycles. The second-order valence-corrected chi connectivity index (χ2v) is 7.12. The van der Waals surface area contributed by atoms with Gasteiger partial charge in [0.05, 0.1) is 17.0 Å². The van der Waals surface area contributed by atoms with Gasteiger partial charge < -0.3 is 10.0 Å². The minimum absolute atomic E-state index is 0.207. The van der Waals surface area contributed by atoms with Crippen molar-refractivity contribution in [2.75, 3.05) is 24.5 Å². The van der Waals surface area contributed by atoms with Crippen molar-refractivity contribution in [3.63, 3.8) is 0 Å². The molecule has 1 atom stereocenters. The van der Waals surface area contributed by atoms with Gasteiger partial charge >= 0.3 is 5.97 Å². The number of pyridine rings is 1. The second kappa shape index (κ2) is 6.99. The van der Waals surface area contributed by atoms with E-state index in [4.69, 9.17) is 5.11 Å². The van der Waals surface area contributed by atoms with Gasteiger partial charge in [-0.25, -0.2) is 14.8 Å². The average molecular weight is 353 g/mol. The van der Waals surface area contributed by atoms with Crippen LogP contribution in [0.4, 0.5) is 5.95 Å². The van der Waals surface area contributed by atoms with Crippen molar-refractivity contribution < 1.29 is 9.90 Å². The zero-order valence-electron chi connectivity index (χ0n) is 14.9. The lowest BCUT2D eigenvalue weighted by molar-refractivity contribution is 0.0697. The lowest BCUT2D eigenvalue weighted by atomic mass is 9.98. The summed E-state index contributed by atoms with van der Waals surface area (Å²) in [5.74, 6) is -0.282. The van der Waals surface area contributed by atoms with E-state index in [0.29, 0.717) is 29.4 Å². The zero-order valence-corrected chi connectivity index (χ0v) is 14.9. The topological polar surface area (TPSA) is 82.5 Å². The summed E-state index contributed by atoms with van der Waals surface area (Å²) in [6, 6.07) is 6.02. The highest BCUT2D eigenvalue weighted by atomic mass is 16.4. The fraction of sp³-hybridized carbons (Fsp3) is 0.474. The Kier molecular flexibility index (Phi) is 4.55. The first kappa shape index (κ1) is 16.9. The second-order valence-electron chi connectivity index (χ2n) is 7.12. The van der Waals surface area contributed by atoms with Crippen molar-refractivity contribution >= 4 is 11.9 Å². The Hall–Kier alpha value is -2.54. The summed E-state index contributed by atoms with van der Waals surface area (Å²) in [4.78, 5) is 29.2. The number of hydrogen-bond donors (Lipinski definition) is 1. The molecule has 7 nitrogen and oxygen atoms in total. The van der Waals surface area contributed by atoms with E-state index in [1.807, 2.05) is 0 Å². The molecule has 2 aromatic heterocycles. The summed E-state index contributed by atoms with van der Waals surface area (Å²) >= 11 is 0. The highest BCUT2D eigenvalue weighted by Crippen LogP contribution is 2.27. The molecular weight excluding hydrogens is 330 g/mol. The molecule has 0 saturated carbocycles. The molecule has 0 unspecified atom stereocenters. The summed E-state index contributed by atoms with van der Waals surface area (Å²) in [5, 5.41) is 9.15. The normalized spacial score (nSPS) is 21.4. The van der Waals surface area contributed by atoms with Crippen LogP contribution in [-0.4, -0.2) is 62.6 Å².